The molecule has 27 heavy (non-hydrogen) atoms. The van der Waals surface area contributed by atoms with Crippen LogP contribution < -0.4 is 15.4 Å². The molecule has 136 valence electrons. The van der Waals surface area contributed by atoms with Gasteiger partial charge in [-0.3, -0.25) is 9.59 Å². The zero-order valence-electron chi connectivity index (χ0n) is 14.5. The van der Waals surface area contributed by atoms with Crippen molar-refractivity contribution >= 4 is 34.8 Å². The van der Waals surface area contributed by atoms with Gasteiger partial charge in [-0.25, -0.2) is 0 Å². The topological polar surface area (TPSA) is 67.4 Å². The van der Waals surface area contributed by atoms with E-state index in [0.717, 1.165) is 5.56 Å². The lowest BCUT2D eigenvalue weighted by atomic mass is 10.2. The van der Waals surface area contributed by atoms with Crippen molar-refractivity contribution in [1.29, 1.82) is 0 Å². The van der Waals surface area contributed by atoms with Crippen molar-refractivity contribution in [3.8, 4) is 11.5 Å². The van der Waals surface area contributed by atoms with E-state index in [9.17, 15) is 9.59 Å². The Labute approximate surface area is 161 Å². The summed E-state index contributed by atoms with van der Waals surface area (Å²) >= 11 is 5.88. The lowest BCUT2D eigenvalue weighted by molar-refractivity contribution is -0.133. The molecule has 0 aliphatic carbocycles. The average Bonchev–Trinajstić information content (AvgIpc) is 2.66. The SMILES string of the molecule is Cc1cc(Cl)ccc1NC(=O)C(=O)Nc1ccc(Oc2ccccc2)cc1. The predicted octanol–water partition coefficient (Wildman–Crippen LogP) is 5.02. The Hall–Kier alpha value is -3.31. The van der Waals surface area contributed by atoms with Crippen molar-refractivity contribution in [2.45, 2.75) is 6.92 Å². The van der Waals surface area contributed by atoms with Crippen LogP contribution in [0.1, 0.15) is 5.56 Å². The van der Waals surface area contributed by atoms with E-state index >= 15 is 0 Å². The number of rotatable bonds is 4. The predicted molar refractivity (Wildman–Crippen MR) is 106 cm³/mol. The van der Waals surface area contributed by atoms with Crippen LogP contribution in [0.15, 0.2) is 72.8 Å². The second-order valence-electron chi connectivity index (χ2n) is 5.81. The molecule has 0 aliphatic rings. The molecule has 2 N–H and O–H groups in total. The first-order valence-corrected chi connectivity index (χ1v) is 8.60. The number of benzene rings is 3. The van der Waals surface area contributed by atoms with Crippen LogP contribution in [-0.4, -0.2) is 11.8 Å². The molecule has 6 heteroatoms. The average molecular weight is 381 g/mol. The molecule has 0 atom stereocenters. The monoisotopic (exact) mass is 380 g/mol. The maximum absolute atomic E-state index is 12.1. The summed E-state index contributed by atoms with van der Waals surface area (Å²) in [5, 5.41) is 5.68. The number of carbonyl (C=O) groups excluding carboxylic acids is 2. The molecule has 0 spiro atoms. The summed E-state index contributed by atoms with van der Waals surface area (Å²) in [5.41, 5.74) is 1.79. The first-order valence-electron chi connectivity index (χ1n) is 8.23. The Morgan fingerprint density at radius 1 is 0.815 bits per heavy atom. The smallest absolute Gasteiger partial charge is 0.314 e. The fraction of sp³-hybridized carbons (Fsp3) is 0.0476. The van der Waals surface area contributed by atoms with E-state index in [4.69, 9.17) is 16.3 Å². The zero-order valence-corrected chi connectivity index (χ0v) is 15.3. The molecule has 0 radical (unpaired) electrons. The van der Waals surface area contributed by atoms with Crippen LogP contribution in [0.4, 0.5) is 11.4 Å². The van der Waals surface area contributed by atoms with Gasteiger partial charge >= 0.3 is 11.8 Å². The van der Waals surface area contributed by atoms with Crippen molar-refractivity contribution in [1.82, 2.24) is 0 Å². The van der Waals surface area contributed by atoms with Gasteiger partial charge in [0.15, 0.2) is 0 Å². The Morgan fingerprint density at radius 3 is 2.11 bits per heavy atom. The Bertz CT molecular complexity index is 957. The minimum absolute atomic E-state index is 0.489. The molecule has 0 saturated heterocycles. The van der Waals surface area contributed by atoms with E-state index in [2.05, 4.69) is 10.6 Å². The van der Waals surface area contributed by atoms with E-state index in [-0.39, 0.29) is 0 Å². The summed E-state index contributed by atoms with van der Waals surface area (Å²) in [5.74, 6) is -0.182. The fourth-order valence-corrected chi connectivity index (χ4v) is 2.59. The van der Waals surface area contributed by atoms with Gasteiger partial charge in [0.2, 0.25) is 0 Å². The Kier molecular flexibility index (Phi) is 5.74. The second-order valence-corrected chi connectivity index (χ2v) is 6.24. The van der Waals surface area contributed by atoms with E-state index < -0.39 is 11.8 Å². The van der Waals surface area contributed by atoms with Crippen molar-refractivity contribution in [2.24, 2.45) is 0 Å². The van der Waals surface area contributed by atoms with Crippen LogP contribution in [0.5, 0.6) is 11.5 Å². The number of ether oxygens (including phenoxy) is 1. The van der Waals surface area contributed by atoms with Gasteiger partial charge in [-0.05, 0) is 67.1 Å². The van der Waals surface area contributed by atoms with Crippen LogP contribution in [0.25, 0.3) is 0 Å². The summed E-state index contributed by atoms with van der Waals surface area (Å²) in [6.07, 6.45) is 0. The third-order valence-electron chi connectivity index (χ3n) is 3.73. The summed E-state index contributed by atoms with van der Waals surface area (Å²) in [6.45, 7) is 1.80. The van der Waals surface area contributed by atoms with Gasteiger partial charge in [-0.15, -0.1) is 0 Å². The maximum atomic E-state index is 12.1. The van der Waals surface area contributed by atoms with Gasteiger partial charge < -0.3 is 15.4 Å². The lowest BCUT2D eigenvalue weighted by Crippen LogP contribution is -2.29. The van der Waals surface area contributed by atoms with Gasteiger partial charge in [0.25, 0.3) is 0 Å². The zero-order chi connectivity index (χ0) is 19.2. The number of amides is 2. The van der Waals surface area contributed by atoms with E-state index in [1.54, 1.807) is 49.4 Å². The van der Waals surface area contributed by atoms with Gasteiger partial charge in [0, 0.05) is 16.4 Å². The quantitative estimate of drug-likeness (QED) is 0.624. The van der Waals surface area contributed by atoms with E-state index in [1.807, 2.05) is 30.3 Å². The summed E-state index contributed by atoms with van der Waals surface area (Å²) in [4.78, 5) is 24.2. The summed E-state index contributed by atoms with van der Waals surface area (Å²) in [7, 11) is 0. The first kappa shape index (κ1) is 18.5. The van der Waals surface area contributed by atoms with E-state index in [0.29, 0.717) is 27.9 Å². The molecule has 3 aromatic carbocycles. The van der Waals surface area contributed by atoms with Crippen molar-refractivity contribution in [2.75, 3.05) is 10.6 Å². The van der Waals surface area contributed by atoms with Crippen LogP contribution >= 0.6 is 11.6 Å². The molecule has 0 heterocycles. The standard InChI is InChI=1S/C21H17ClN2O3/c1-14-13-15(22)7-12-19(14)24-21(26)20(25)23-16-8-10-18(11-9-16)27-17-5-3-2-4-6-17/h2-13H,1H3,(H,23,25)(H,24,26). The second kappa shape index (κ2) is 8.38. The number of aryl methyl sites for hydroxylation is 1. The highest BCUT2D eigenvalue weighted by atomic mass is 35.5. The van der Waals surface area contributed by atoms with Gasteiger partial charge in [-0.2, -0.15) is 0 Å². The molecular weight excluding hydrogens is 364 g/mol. The molecule has 0 bridgehead atoms. The number of halogens is 1. The molecule has 5 nitrogen and oxygen atoms in total. The van der Waals surface area contributed by atoms with Crippen LogP contribution in [0.3, 0.4) is 0 Å². The van der Waals surface area contributed by atoms with Crippen LogP contribution in [-0.2, 0) is 9.59 Å². The number of hydrogen-bond acceptors (Lipinski definition) is 3. The van der Waals surface area contributed by atoms with Gasteiger partial charge in [0.1, 0.15) is 11.5 Å². The van der Waals surface area contributed by atoms with Crippen LogP contribution in [0, 0.1) is 6.92 Å². The van der Waals surface area contributed by atoms with Gasteiger partial charge in [0.05, 0.1) is 0 Å². The molecule has 0 unspecified atom stereocenters. The highest BCUT2D eigenvalue weighted by molar-refractivity contribution is 6.43. The molecule has 0 aromatic heterocycles. The number of hydrogen-bond donors (Lipinski definition) is 2. The summed E-state index contributed by atoms with van der Waals surface area (Å²) < 4.78 is 5.68. The maximum Gasteiger partial charge on any atom is 0.314 e. The fourth-order valence-electron chi connectivity index (χ4n) is 2.37. The van der Waals surface area contributed by atoms with Crippen molar-refractivity contribution < 1.29 is 14.3 Å². The third kappa shape index (κ3) is 5.09. The lowest BCUT2D eigenvalue weighted by Gasteiger charge is -2.10. The van der Waals surface area contributed by atoms with Crippen LogP contribution in [0.2, 0.25) is 5.02 Å². The molecule has 0 fully saturated rings. The normalized spacial score (nSPS) is 10.1. The molecule has 2 amide bonds. The largest absolute Gasteiger partial charge is 0.457 e. The number of nitrogens with one attached hydrogen (secondary N) is 2. The number of anilines is 2. The Balaban J connectivity index is 1.59. The van der Waals surface area contributed by atoms with Gasteiger partial charge in [-0.1, -0.05) is 29.8 Å². The minimum Gasteiger partial charge on any atom is -0.457 e. The highest BCUT2D eigenvalue weighted by Gasteiger charge is 2.15. The number of carbonyl (C=O) groups is 2. The Morgan fingerprint density at radius 2 is 1.44 bits per heavy atom. The van der Waals surface area contributed by atoms with Crippen molar-refractivity contribution in [3.05, 3.63) is 83.4 Å². The third-order valence-corrected chi connectivity index (χ3v) is 3.97. The molecular formula is C21H17ClN2O3. The first-order chi connectivity index (χ1) is 13.0. The molecule has 3 rings (SSSR count). The van der Waals surface area contributed by atoms with E-state index in [1.165, 1.54) is 0 Å². The molecule has 3 aromatic rings. The summed E-state index contributed by atoms with van der Waals surface area (Å²) in [6, 6.07) is 21.1. The molecule has 0 saturated carbocycles. The minimum atomic E-state index is -0.763. The molecule has 0 aliphatic heterocycles. The van der Waals surface area contributed by atoms with Crippen molar-refractivity contribution in [3.63, 3.8) is 0 Å². The number of para-hydroxylation sites is 1. The highest BCUT2D eigenvalue weighted by Crippen LogP contribution is 2.23.